The molecule has 4 nitrogen and oxygen atoms in total. The molecule has 1 aromatic heterocycles. The van der Waals surface area contributed by atoms with Crippen LogP contribution in [0.5, 0.6) is 0 Å². The Hall–Kier alpha value is -2.70. The number of carbonyl (C=O) groups excluding carboxylic acids is 1. The highest BCUT2D eigenvalue weighted by Gasteiger charge is 2.42. The van der Waals surface area contributed by atoms with Crippen LogP contribution in [-0.2, 0) is 6.54 Å². The predicted molar refractivity (Wildman–Crippen MR) is 122 cm³/mol. The standard InChI is InChI=1S/C24H15Br2NO3/c25-16-8-6-15(7-9-16)21-20-22(28)18-12-17(26)10-11-19(18)30-23(20)24(29)27(21)13-14-4-2-1-3-5-14/h1-12,21H,13H2. The second-order valence-electron chi connectivity index (χ2n) is 7.19. The minimum Gasteiger partial charge on any atom is -0.450 e. The molecule has 0 radical (unpaired) electrons. The highest BCUT2D eigenvalue weighted by molar-refractivity contribution is 9.10. The van der Waals surface area contributed by atoms with Crippen LogP contribution in [0.4, 0.5) is 0 Å². The second-order valence-corrected chi connectivity index (χ2v) is 9.02. The van der Waals surface area contributed by atoms with Crippen LogP contribution in [0.1, 0.15) is 33.3 Å². The van der Waals surface area contributed by atoms with E-state index in [1.54, 1.807) is 23.1 Å². The minimum absolute atomic E-state index is 0.124. The van der Waals surface area contributed by atoms with Gasteiger partial charge in [0.1, 0.15) is 5.58 Å². The van der Waals surface area contributed by atoms with Crippen molar-refractivity contribution >= 4 is 48.7 Å². The summed E-state index contributed by atoms with van der Waals surface area (Å²) in [5.41, 5.74) is 2.48. The van der Waals surface area contributed by atoms with Gasteiger partial charge in [-0.25, -0.2) is 0 Å². The first kappa shape index (κ1) is 19.3. The first-order chi connectivity index (χ1) is 14.5. The first-order valence-electron chi connectivity index (χ1n) is 9.39. The summed E-state index contributed by atoms with van der Waals surface area (Å²) in [6.45, 7) is 0.379. The zero-order valence-electron chi connectivity index (χ0n) is 15.6. The van der Waals surface area contributed by atoms with Crippen molar-refractivity contribution in [3.63, 3.8) is 0 Å². The molecule has 0 bridgehead atoms. The summed E-state index contributed by atoms with van der Waals surface area (Å²) in [5, 5.41) is 0.458. The van der Waals surface area contributed by atoms with Gasteiger partial charge >= 0.3 is 0 Å². The van der Waals surface area contributed by atoms with Crippen molar-refractivity contribution < 1.29 is 9.21 Å². The van der Waals surface area contributed by atoms with Crippen molar-refractivity contribution in [2.45, 2.75) is 12.6 Å². The molecule has 4 aromatic rings. The minimum atomic E-state index is -0.513. The predicted octanol–water partition coefficient (Wildman–Crippen LogP) is 6.06. The Kier molecular flexibility index (Phi) is 4.83. The average molecular weight is 525 g/mol. The van der Waals surface area contributed by atoms with E-state index < -0.39 is 6.04 Å². The maximum Gasteiger partial charge on any atom is 0.291 e. The summed E-state index contributed by atoms with van der Waals surface area (Å²) >= 11 is 6.88. The van der Waals surface area contributed by atoms with Gasteiger partial charge in [0.05, 0.1) is 17.0 Å². The number of amides is 1. The highest BCUT2D eigenvalue weighted by atomic mass is 79.9. The van der Waals surface area contributed by atoms with E-state index >= 15 is 0 Å². The summed E-state index contributed by atoms with van der Waals surface area (Å²) in [6.07, 6.45) is 0. The lowest BCUT2D eigenvalue weighted by molar-refractivity contribution is 0.0714. The summed E-state index contributed by atoms with van der Waals surface area (Å²) in [5.74, 6) is -0.151. The Labute approximate surface area is 189 Å². The Morgan fingerprint density at radius 2 is 1.57 bits per heavy atom. The highest BCUT2D eigenvalue weighted by Crippen LogP contribution is 2.39. The molecule has 1 unspecified atom stereocenters. The number of fused-ring (bicyclic) bond motifs is 2. The van der Waals surface area contributed by atoms with Crippen molar-refractivity contribution in [2.24, 2.45) is 0 Å². The maximum atomic E-state index is 13.5. The van der Waals surface area contributed by atoms with Crippen molar-refractivity contribution in [1.82, 2.24) is 4.90 Å². The topological polar surface area (TPSA) is 50.5 Å². The smallest absolute Gasteiger partial charge is 0.291 e. The van der Waals surface area contributed by atoms with Gasteiger partial charge in [-0.3, -0.25) is 9.59 Å². The van der Waals surface area contributed by atoms with Crippen molar-refractivity contribution in [3.05, 3.63) is 114 Å². The van der Waals surface area contributed by atoms with Crippen LogP contribution >= 0.6 is 31.9 Å². The third-order valence-electron chi connectivity index (χ3n) is 5.31. The van der Waals surface area contributed by atoms with E-state index in [1.807, 2.05) is 54.6 Å². The lowest BCUT2D eigenvalue weighted by atomic mass is 9.98. The molecular weight excluding hydrogens is 510 g/mol. The Bertz CT molecular complexity index is 1330. The fraction of sp³-hybridized carbons (Fsp3) is 0.0833. The fourth-order valence-corrected chi connectivity index (χ4v) is 4.55. The van der Waals surface area contributed by atoms with Crippen molar-refractivity contribution in [1.29, 1.82) is 0 Å². The van der Waals surface area contributed by atoms with Crippen molar-refractivity contribution in [2.75, 3.05) is 0 Å². The van der Waals surface area contributed by atoms with Gasteiger partial charge in [-0.05, 0) is 41.5 Å². The Balaban J connectivity index is 1.74. The Morgan fingerprint density at radius 1 is 0.867 bits per heavy atom. The molecule has 30 heavy (non-hydrogen) atoms. The van der Waals surface area contributed by atoms with E-state index in [2.05, 4.69) is 31.9 Å². The first-order valence-corrected chi connectivity index (χ1v) is 11.0. The van der Waals surface area contributed by atoms with E-state index in [0.717, 1.165) is 20.1 Å². The maximum absolute atomic E-state index is 13.5. The quantitative estimate of drug-likeness (QED) is 0.327. The van der Waals surface area contributed by atoms with Crippen LogP contribution in [0.25, 0.3) is 11.0 Å². The summed E-state index contributed by atoms with van der Waals surface area (Å²) in [7, 11) is 0. The molecular formula is C24H15Br2NO3. The monoisotopic (exact) mass is 523 g/mol. The van der Waals surface area contributed by atoms with Gasteiger partial charge < -0.3 is 9.32 Å². The summed E-state index contributed by atoms with van der Waals surface area (Å²) < 4.78 is 7.69. The largest absolute Gasteiger partial charge is 0.450 e. The van der Waals surface area contributed by atoms with Crippen LogP contribution < -0.4 is 5.43 Å². The number of rotatable bonds is 3. The third kappa shape index (κ3) is 3.20. The van der Waals surface area contributed by atoms with Crippen LogP contribution in [0.2, 0.25) is 0 Å². The molecule has 0 fully saturated rings. The number of nitrogens with zero attached hydrogens (tertiary/aromatic N) is 1. The third-order valence-corrected chi connectivity index (χ3v) is 6.33. The molecule has 1 aliphatic heterocycles. The SMILES string of the molecule is O=C1c2oc3ccc(Br)cc3c(=O)c2C(c2ccc(Br)cc2)N1Cc1ccccc1. The van der Waals surface area contributed by atoms with Gasteiger partial charge in [0.2, 0.25) is 5.76 Å². The van der Waals surface area contributed by atoms with Crippen molar-refractivity contribution in [3.8, 4) is 0 Å². The summed E-state index contributed by atoms with van der Waals surface area (Å²) in [4.78, 5) is 28.6. The average Bonchev–Trinajstić information content (AvgIpc) is 3.02. The van der Waals surface area contributed by atoms with E-state index in [1.165, 1.54) is 0 Å². The van der Waals surface area contributed by atoms with E-state index in [-0.39, 0.29) is 17.1 Å². The number of benzene rings is 3. The zero-order chi connectivity index (χ0) is 20.8. The molecule has 1 aliphatic rings. The van der Waals surface area contributed by atoms with Crippen LogP contribution in [0, 0.1) is 0 Å². The van der Waals surface area contributed by atoms with Gasteiger partial charge in [0.15, 0.2) is 5.43 Å². The molecule has 1 amide bonds. The number of hydrogen-bond donors (Lipinski definition) is 0. The molecule has 3 aromatic carbocycles. The normalized spacial score (nSPS) is 15.6. The van der Waals surface area contributed by atoms with Crippen LogP contribution in [-0.4, -0.2) is 10.8 Å². The van der Waals surface area contributed by atoms with E-state index in [4.69, 9.17) is 4.42 Å². The number of hydrogen-bond acceptors (Lipinski definition) is 3. The molecule has 6 heteroatoms. The second kappa shape index (κ2) is 7.52. The molecule has 5 rings (SSSR count). The lowest BCUT2D eigenvalue weighted by Crippen LogP contribution is -2.29. The lowest BCUT2D eigenvalue weighted by Gasteiger charge is -2.25. The van der Waals surface area contributed by atoms with Crippen LogP contribution in [0.3, 0.4) is 0 Å². The Morgan fingerprint density at radius 3 is 2.30 bits per heavy atom. The molecule has 1 atom stereocenters. The number of carbonyl (C=O) groups is 1. The molecule has 0 saturated heterocycles. The van der Waals surface area contributed by atoms with E-state index in [0.29, 0.717) is 23.1 Å². The van der Waals surface area contributed by atoms with Gasteiger partial charge in [-0.1, -0.05) is 74.3 Å². The van der Waals surface area contributed by atoms with Gasteiger partial charge in [-0.2, -0.15) is 0 Å². The zero-order valence-corrected chi connectivity index (χ0v) is 18.8. The molecule has 0 spiro atoms. The van der Waals surface area contributed by atoms with Gasteiger partial charge in [0, 0.05) is 15.5 Å². The van der Waals surface area contributed by atoms with Crippen LogP contribution in [0.15, 0.2) is 91.0 Å². The van der Waals surface area contributed by atoms with E-state index in [9.17, 15) is 9.59 Å². The summed E-state index contributed by atoms with van der Waals surface area (Å²) in [6, 6.07) is 22.2. The molecule has 2 heterocycles. The fourth-order valence-electron chi connectivity index (χ4n) is 3.93. The molecule has 0 saturated carbocycles. The number of halogens is 2. The van der Waals surface area contributed by atoms with Gasteiger partial charge in [-0.15, -0.1) is 0 Å². The molecule has 148 valence electrons. The molecule has 0 aliphatic carbocycles. The molecule has 0 N–H and O–H groups in total. The van der Waals surface area contributed by atoms with Gasteiger partial charge in [0.25, 0.3) is 5.91 Å².